The summed E-state index contributed by atoms with van der Waals surface area (Å²) in [7, 11) is 0. The van der Waals surface area contributed by atoms with Gasteiger partial charge in [-0.2, -0.15) is 0 Å². The molecular weight excluding hydrogens is 328 g/mol. The minimum atomic E-state index is -0.206. The maximum absolute atomic E-state index is 12.0. The Bertz CT molecular complexity index is 736. The molecule has 1 atom stereocenters. The Morgan fingerprint density at radius 1 is 1.21 bits per heavy atom. The summed E-state index contributed by atoms with van der Waals surface area (Å²) < 4.78 is 10.6. The standard InChI is InChI=1S/C18H19ClN2O3/c1-12(14-5-6-16-17(10-14)24-11-23-16)21-18(22)20-8-7-13-3-2-4-15(19)9-13/h2-6,9-10,12H,7-8,11H2,1H3,(H2,20,21,22). The highest BCUT2D eigenvalue weighted by Crippen LogP contribution is 2.34. The van der Waals surface area contributed by atoms with Crippen molar-refractivity contribution < 1.29 is 14.3 Å². The number of carbonyl (C=O) groups excluding carboxylic acids is 1. The van der Waals surface area contributed by atoms with Crippen LogP contribution in [0.2, 0.25) is 5.02 Å². The Kier molecular flexibility index (Phi) is 5.11. The third-order valence-corrected chi connectivity index (χ3v) is 4.07. The van der Waals surface area contributed by atoms with Gasteiger partial charge in [0, 0.05) is 11.6 Å². The number of hydrogen-bond acceptors (Lipinski definition) is 3. The lowest BCUT2D eigenvalue weighted by molar-refractivity contribution is 0.174. The van der Waals surface area contributed by atoms with Crippen LogP contribution >= 0.6 is 11.6 Å². The zero-order valence-corrected chi connectivity index (χ0v) is 14.1. The number of amides is 2. The molecule has 0 bridgehead atoms. The Hall–Kier alpha value is -2.40. The molecule has 0 saturated heterocycles. The Morgan fingerprint density at radius 3 is 2.88 bits per heavy atom. The van der Waals surface area contributed by atoms with Crippen LogP contribution in [0.5, 0.6) is 11.5 Å². The molecule has 0 spiro atoms. The fourth-order valence-corrected chi connectivity index (χ4v) is 2.74. The molecule has 24 heavy (non-hydrogen) atoms. The van der Waals surface area contributed by atoms with Gasteiger partial charge in [-0.05, 0) is 48.7 Å². The zero-order chi connectivity index (χ0) is 16.9. The predicted molar refractivity (Wildman–Crippen MR) is 92.7 cm³/mol. The van der Waals surface area contributed by atoms with Crippen LogP contribution in [0.25, 0.3) is 0 Å². The van der Waals surface area contributed by atoms with Crippen molar-refractivity contribution in [1.82, 2.24) is 10.6 Å². The molecule has 0 aromatic heterocycles. The molecule has 1 aliphatic rings. The van der Waals surface area contributed by atoms with Crippen LogP contribution < -0.4 is 20.1 Å². The molecule has 2 aromatic rings. The summed E-state index contributed by atoms with van der Waals surface area (Å²) in [6.45, 7) is 2.71. The van der Waals surface area contributed by atoms with E-state index in [4.69, 9.17) is 21.1 Å². The predicted octanol–water partition coefficient (Wildman–Crippen LogP) is 3.67. The maximum atomic E-state index is 12.0. The second kappa shape index (κ2) is 7.45. The van der Waals surface area contributed by atoms with Gasteiger partial charge in [0.05, 0.1) is 6.04 Å². The smallest absolute Gasteiger partial charge is 0.315 e. The van der Waals surface area contributed by atoms with Gasteiger partial charge in [0.2, 0.25) is 6.79 Å². The van der Waals surface area contributed by atoms with Gasteiger partial charge in [-0.3, -0.25) is 0 Å². The lowest BCUT2D eigenvalue weighted by Crippen LogP contribution is -2.38. The topological polar surface area (TPSA) is 59.6 Å². The van der Waals surface area contributed by atoms with Crippen molar-refractivity contribution in [3.8, 4) is 11.5 Å². The van der Waals surface area contributed by atoms with Crippen LogP contribution in [0.3, 0.4) is 0 Å². The molecule has 5 nitrogen and oxygen atoms in total. The van der Waals surface area contributed by atoms with Gasteiger partial charge in [-0.25, -0.2) is 4.79 Å². The second-order valence-corrected chi connectivity index (χ2v) is 6.05. The monoisotopic (exact) mass is 346 g/mol. The normalized spacial score (nSPS) is 13.4. The van der Waals surface area contributed by atoms with Crippen LogP contribution in [0.15, 0.2) is 42.5 Å². The fourth-order valence-electron chi connectivity index (χ4n) is 2.53. The number of nitrogens with one attached hydrogen (secondary N) is 2. The van der Waals surface area contributed by atoms with Gasteiger partial charge < -0.3 is 20.1 Å². The minimum absolute atomic E-state index is 0.134. The number of hydrogen-bond donors (Lipinski definition) is 2. The highest BCUT2D eigenvalue weighted by atomic mass is 35.5. The van der Waals surface area contributed by atoms with E-state index in [0.717, 1.165) is 23.3 Å². The molecule has 0 aliphatic carbocycles. The summed E-state index contributed by atoms with van der Waals surface area (Å²) in [6, 6.07) is 12.9. The minimum Gasteiger partial charge on any atom is -0.454 e. The largest absolute Gasteiger partial charge is 0.454 e. The molecule has 0 fully saturated rings. The molecule has 0 saturated carbocycles. The second-order valence-electron chi connectivity index (χ2n) is 5.61. The Morgan fingerprint density at radius 2 is 2.04 bits per heavy atom. The van der Waals surface area contributed by atoms with E-state index in [0.29, 0.717) is 17.3 Å². The summed E-state index contributed by atoms with van der Waals surface area (Å²) in [4.78, 5) is 12.0. The molecule has 126 valence electrons. The van der Waals surface area contributed by atoms with E-state index in [1.807, 2.05) is 49.4 Å². The van der Waals surface area contributed by atoms with Crippen LogP contribution in [-0.4, -0.2) is 19.4 Å². The molecule has 3 rings (SSSR count). The first-order valence-electron chi connectivity index (χ1n) is 7.80. The summed E-state index contributed by atoms with van der Waals surface area (Å²) in [6.07, 6.45) is 0.729. The summed E-state index contributed by atoms with van der Waals surface area (Å²) >= 11 is 5.94. The molecule has 1 aliphatic heterocycles. The van der Waals surface area contributed by atoms with Gasteiger partial charge in [0.15, 0.2) is 11.5 Å². The first-order valence-corrected chi connectivity index (χ1v) is 8.18. The van der Waals surface area contributed by atoms with E-state index in [1.165, 1.54) is 0 Å². The van der Waals surface area contributed by atoms with Crippen LogP contribution in [-0.2, 0) is 6.42 Å². The number of rotatable bonds is 5. The lowest BCUT2D eigenvalue weighted by Gasteiger charge is -2.15. The first-order chi connectivity index (χ1) is 11.6. The number of carbonyl (C=O) groups is 1. The highest BCUT2D eigenvalue weighted by molar-refractivity contribution is 6.30. The number of fused-ring (bicyclic) bond motifs is 1. The summed E-state index contributed by atoms with van der Waals surface area (Å²) in [5.41, 5.74) is 2.05. The van der Waals surface area contributed by atoms with E-state index < -0.39 is 0 Å². The zero-order valence-electron chi connectivity index (χ0n) is 13.3. The molecule has 1 unspecified atom stereocenters. The fraction of sp³-hybridized carbons (Fsp3) is 0.278. The number of halogens is 1. The molecule has 6 heteroatoms. The van der Waals surface area contributed by atoms with Gasteiger partial charge in [-0.1, -0.05) is 29.8 Å². The first kappa shape index (κ1) is 16.5. The number of urea groups is 1. The number of benzene rings is 2. The Labute approximate surface area is 145 Å². The average molecular weight is 347 g/mol. The molecular formula is C18H19ClN2O3. The van der Waals surface area contributed by atoms with Crippen molar-refractivity contribution in [3.63, 3.8) is 0 Å². The molecule has 1 heterocycles. The van der Waals surface area contributed by atoms with E-state index in [1.54, 1.807) is 0 Å². The van der Waals surface area contributed by atoms with Crippen molar-refractivity contribution >= 4 is 17.6 Å². The van der Waals surface area contributed by atoms with Crippen molar-refractivity contribution in [1.29, 1.82) is 0 Å². The molecule has 2 N–H and O–H groups in total. The van der Waals surface area contributed by atoms with Crippen LogP contribution in [0.4, 0.5) is 4.79 Å². The summed E-state index contributed by atoms with van der Waals surface area (Å²) in [5.74, 6) is 1.44. The van der Waals surface area contributed by atoms with E-state index >= 15 is 0 Å². The van der Waals surface area contributed by atoms with Gasteiger partial charge in [0.1, 0.15) is 0 Å². The van der Waals surface area contributed by atoms with Crippen molar-refractivity contribution in [3.05, 3.63) is 58.6 Å². The average Bonchev–Trinajstić information content (AvgIpc) is 3.02. The van der Waals surface area contributed by atoms with E-state index in [9.17, 15) is 4.79 Å². The maximum Gasteiger partial charge on any atom is 0.315 e. The van der Waals surface area contributed by atoms with Crippen LogP contribution in [0.1, 0.15) is 24.1 Å². The van der Waals surface area contributed by atoms with Gasteiger partial charge >= 0.3 is 6.03 Å². The van der Waals surface area contributed by atoms with Crippen molar-refractivity contribution in [2.24, 2.45) is 0 Å². The highest BCUT2D eigenvalue weighted by Gasteiger charge is 2.16. The Balaban J connectivity index is 1.47. The summed E-state index contributed by atoms with van der Waals surface area (Å²) in [5, 5.41) is 6.47. The van der Waals surface area contributed by atoms with E-state index in [-0.39, 0.29) is 18.9 Å². The molecule has 2 aromatic carbocycles. The third-order valence-electron chi connectivity index (χ3n) is 3.83. The SMILES string of the molecule is CC(NC(=O)NCCc1cccc(Cl)c1)c1ccc2c(c1)OCO2. The third kappa shape index (κ3) is 4.11. The molecule has 0 radical (unpaired) electrons. The van der Waals surface area contributed by atoms with Crippen LogP contribution in [0, 0.1) is 0 Å². The van der Waals surface area contributed by atoms with E-state index in [2.05, 4.69) is 10.6 Å². The quantitative estimate of drug-likeness (QED) is 0.868. The molecule has 2 amide bonds. The van der Waals surface area contributed by atoms with Crippen molar-refractivity contribution in [2.45, 2.75) is 19.4 Å². The number of ether oxygens (including phenoxy) is 2. The van der Waals surface area contributed by atoms with Crippen molar-refractivity contribution in [2.75, 3.05) is 13.3 Å². The lowest BCUT2D eigenvalue weighted by atomic mass is 10.1. The van der Waals surface area contributed by atoms with Gasteiger partial charge in [0.25, 0.3) is 0 Å². The van der Waals surface area contributed by atoms with Gasteiger partial charge in [-0.15, -0.1) is 0 Å².